The number of halogens is 1. The Kier molecular flexibility index (Phi) is 2.84. The van der Waals surface area contributed by atoms with Crippen LogP contribution in [0.4, 0.5) is 0 Å². The molecule has 1 heterocycles. The van der Waals surface area contributed by atoms with Crippen LogP contribution in [0.3, 0.4) is 0 Å². The van der Waals surface area contributed by atoms with Crippen LogP contribution >= 0.6 is 11.6 Å². The Morgan fingerprint density at radius 2 is 2.05 bits per heavy atom. The molecule has 0 saturated carbocycles. The number of carboxylic acid groups (broad SMARTS) is 1. The number of hydrogen-bond acceptors (Lipinski definition) is 4. The molecule has 0 aliphatic rings. The largest absolute Gasteiger partial charge is 0.507 e. The number of rotatable bonds is 2. The molecular weight excluding hydrogens is 282 g/mol. The molecule has 3 aromatic rings. The maximum absolute atomic E-state index is 11.1. The van der Waals surface area contributed by atoms with Crippen LogP contribution < -0.4 is 0 Å². The summed E-state index contributed by atoms with van der Waals surface area (Å²) in [5.41, 5.74) is 0.915. The van der Waals surface area contributed by atoms with Crippen LogP contribution in [0.5, 0.6) is 5.75 Å². The summed E-state index contributed by atoms with van der Waals surface area (Å²) in [6, 6.07) is 9.08. The van der Waals surface area contributed by atoms with E-state index < -0.39 is 5.97 Å². The molecule has 0 aliphatic heterocycles. The van der Waals surface area contributed by atoms with Gasteiger partial charge in [-0.1, -0.05) is 17.7 Å². The second-order valence-corrected chi connectivity index (χ2v) is 4.57. The van der Waals surface area contributed by atoms with Gasteiger partial charge in [0.1, 0.15) is 11.3 Å². The third kappa shape index (κ3) is 1.98. The Labute approximate surface area is 118 Å². The van der Waals surface area contributed by atoms with Gasteiger partial charge in [-0.2, -0.15) is 0 Å². The van der Waals surface area contributed by atoms with Crippen molar-refractivity contribution < 1.29 is 19.4 Å². The van der Waals surface area contributed by atoms with Crippen LogP contribution in [0.25, 0.3) is 22.6 Å². The van der Waals surface area contributed by atoms with E-state index in [1.807, 2.05) is 0 Å². The zero-order valence-electron chi connectivity index (χ0n) is 10.0. The number of carbonyl (C=O) groups is 1. The maximum Gasteiger partial charge on any atom is 0.338 e. The summed E-state index contributed by atoms with van der Waals surface area (Å²) in [5, 5.41) is 19.3. The van der Waals surface area contributed by atoms with Gasteiger partial charge in [-0.25, -0.2) is 9.78 Å². The van der Waals surface area contributed by atoms with E-state index >= 15 is 0 Å². The Morgan fingerprint density at radius 3 is 2.80 bits per heavy atom. The molecule has 2 N–H and O–H groups in total. The molecule has 100 valence electrons. The predicted molar refractivity (Wildman–Crippen MR) is 73.1 cm³/mol. The first-order chi connectivity index (χ1) is 9.56. The second-order valence-electron chi connectivity index (χ2n) is 4.14. The Balaban J connectivity index is 2.26. The molecule has 1 aromatic heterocycles. The van der Waals surface area contributed by atoms with Gasteiger partial charge >= 0.3 is 5.97 Å². The van der Waals surface area contributed by atoms with Crippen LogP contribution in [-0.2, 0) is 0 Å². The monoisotopic (exact) mass is 289 g/mol. The standard InChI is InChI=1S/C14H8ClNO4/c15-7-4-5-10(17)9(6-7)13-16-12-8(14(18)19)2-1-3-11(12)20-13/h1-6,17H,(H,18,19). The van der Waals surface area contributed by atoms with Crippen molar-refractivity contribution in [2.24, 2.45) is 0 Å². The smallest absolute Gasteiger partial charge is 0.338 e. The Hall–Kier alpha value is -2.53. The molecule has 6 heteroatoms. The number of aromatic carboxylic acids is 1. The normalized spacial score (nSPS) is 10.8. The van der Waals surface area contributed by atoms with Crippen molar-refractivity contribution in [2.45, 2.75) is 0 Å². The quantitative estimate of drug-likeness (QED) is 0.753. The number of para-hydroxylation sites is 1. The fraction of sp³-hybridized carbons (Fsp3) is 0. The number of fused-ring (bicyclic) bond motifs is 1. The van der Waals surface area contributed by atoms with Crippen LogP contribution in [0.15, 0.2) is 40.8 Å². The molecule has 0 spiro atoms. The highest BCUT2D eigenvalue weighted by Crippen LogP contribution is 2.33. The predicted octanol–water partition coefficient (Wildman–Crippen LogP) is 3.55. The van der Waals surface area contributed by atoms with Gasteiger partial charge in [0.05, 0.1) is 11.1 Å². The van der Waals surface area contributed by atoms with Crippen molar-refractivity contribution in [2.75, 3.05) is 0 Å². The summed E-state index contributed by atoms with van der Waals surface area (Å²) in [5.74, 6) is -1.02. The fourth-order valence-corrected chi connectivity index (χ4v) is 2.09. The molecular formula is C14H8ClNO4. The number of aromatic nitrogens is 1. The Bertz CT molecular complexity index is 825. The first kappa shape index (κ1) is 12.5. The fourth-order valence-electron chi connectivity index (χ4n) is 1.92. The zero-order valence-corrected chi connectivity index (χ0v) is 10.8. The van der Waals surface area contributed by atoms with E-state index in [1.54, 1.807) is 12.1 Å². The second kappa shape index (κ2) is 4.54. The number of carboxylic acids is 1. The van der Waals surface area contributed by atoms with E-state index in [0.29, 0.717) is 16.2 Å². The summed E-state index contributed by atoms with van der Waals surface area (Å²) in [7, 11) is 0. The third-order valence-corrected chi connectivity index (χ3v) is 3.07. The first-order valence-electron chi connectivity index (χ1n) is 5.68. The van der Waals surface area contributed by atoms with E-state index in [2.05, 4.69) is 4.98 Å². The summed E-state index contributed by atoms with van der Waals surface area (Å²) in [6.07, 6.45) is 0. The van der Waals surface area contributed by atoms with Crippen LogP contribution in [0.2, 0.25) is 5.02 Å². The van der Waals surface area contributed by atoms with E-state index in [1.165, 1.54) is 24.3 Å². The highest BCUT2D eigenvalue weighted by Gasteiger charge is 2.17. The molecule has 0 fully saturated rings. The number of oxazole rings is 1. The van der Waals surface area contributed by atoms with E-state index in [-0.39, 0.29) is 22.7 Å². The molecule has 20 heavy (non-hydrogen) atoms. The maximum atomic E-state index is 11.1. The van der Waals surface area contributed by atoms with Gasteiger partial charge in [-0.3, -0.25) is 0 Å². The van der Waals surface area contributed by atoms with Crippen LogP contribution in [0, 0.1) is 0 Å². The topological polar surface area (TPSA) is 83.6 Å². The van der Waals surface area contributed by atoms with Crippen LogP contribution in [0.1, 0.15) is 10.4 Å². The molecule has 2 aromatic carbocycles. The minimum absolute atomic E-state index is 0.0408. The zero-order chi connectivity index (χ0) is 14.3. The molecule has 0 bridgehead atoms. The molecule has 0 saturated heterocycles. The van der Waals surface area contributed by atoms with Gasteiger partial charge in [-0.05, 0) is 30.3 Å². The van der Waals surface area contributed by atoms with E-state index in [4.69, 9.17) is 21.1 Å². The molecule has 0 amide bonds. The van der Waals surface area contributed by atoms with Gasteiger partial charge in [0.2, 0.25) is 5.89 Å². The lowest BCUT2D eigenvalue weighted by atomic mass is 10.2. The van der Waals surface area contributed by atoms with E-state index in [9.17, 15) is 9.90 Å². The average molecular weight is 290 g/mol. The number of hydrogen-bond donors (Lipinski definition) is 2. The van der Waals surface area contributed by atoms with Crippen molar-refractivity contribution in [3.8, 4) is 17.2 Å². The lowest BCUT2D eigenvalue weighted by molar-refractivity contribution is 0.0699. The van der Waals surface area contributed by atoms with E-state index in [0.717, 1.165) is 0 Å². The minimum atomic E-state index is -1.09. The van der Waals surface area contributed by atoms with Gasteiger partial charge in [-0.15, -0.1) is 0 Å². The number of phenols is 1. The molecule has 3 rings (SSSR count). The van der Waals surface area contributed by atoms with Gasteiger partial charge < -0.3 is 14.6 Å². The van der Waals surface area contributed by atoms with Gasteiger partial charge in [0, 0.05) is 5.02 Å². The molecule has 0 aliphatic carbocycles. The molecule has 0 unspecified atom stereocenters. The first-order valence-corrected chi connectivity index (χ1v) is 6.06. The average Bonchev–Trinajstić information content (AvgIpc) is 2.84. The minimum Gasteiger partial charge on any atom is -0.507 e. The lowest BCUT2D eigenvalue weighted by Gasteiger charge is -1.99. The summed E-state index contributed by atoms with van der Waals surface area (Å²) in [6.45, 7) is 0. The third-order valence-electron chi connectivity index (χ3n) is 2.84. The van der Waals surface area contributed by atoms with Crippen molar-refractivity contribution in [1.82, 2.24) is 4.98 Å². The summed E-state index contributed by atoms with van der Waals surface area (Å²) >= 11 is 5.87. The number of aromatic hydroxyl groups is 1. The number of phenolic OH excluding ortho intramolecular Hbond substituents is 1. The highest BCUT2D eigenvalue weighted by molar-refractivity contribution is 6.30. The van der Waals surface area contributed by atoms with Crippen molar-refractivity contribution in [3.05, 3.63) is 47.0 Å². The van der Waals surface area contributed by atoms with Crippen molar-refractivity contribution >= 4 is 28.7 Å². The summed E-state index contributed by atoms with van der Waals surface area (Å²) in [4.78, 5) is 15.3. The summed E-state index contributed by atoms with van der Waals surface area (Å²) < 4.78 is 5.49. The van der Waals surface area contributed by atoms with Gasteiger partial charge in [0.25, 0.3) is 0 Å². The molecule has 5 nitrogen and oxygen atoms in total. The van der Waals surface area contributed by atoms with Crippen LogP contribution in [-0.4, -0.2) is 21.2 Å². The van der Waals surface area contributed by atoms with Crippen molar-refractivity contribution in [3.63, 3.8) is 0 Å². The molecule has 0 radical (unpaired) electrons. The SMILES string of the molecule is O=C(O)c1cccc2oc(-c3cc(Cl)ccc3O)nc12. The lowest BCUT2D eigenvalue weighted by Crippen LogP contribution is -1.96. The van der Waals surface area contributed by atoms with Crippen molar-refractivity contribution in [1.29, 1.82) is 0 Å². The van der Waals surface area contributed by atoms with Gasteiger partial charge in [0.15, 0.2) is 5.58 Å². The number of nitrogens with zero attached hydrogens (tertiary/aromatic N) is 1. The highest BCUT2D eigenvalue weighted by atomic mass is 35.5. The Morgan fingerprint density at radius 1 is 1.25 bits per heavy atom. The number of benzene rings is 2. The molecule has 0 atom stereocenters.